The van der Waals surface area contributed by atoms with Crippen LogP contribution in [0.1, 0.15) is 32.6 Å². The SMILES string of the molecule is CCCCCC(C=NO)=NO. The van der Waals surface area contributed by atoms with Crippen molar-refractivity contribution in [3.63, 3.8) is 0 Å². The van der Waals surface area contributed by atoms with Gasteiger partial charge in [-0.25, -0.2) is 0 Å². The molecular formula is C7H14N2O2. The van der Waals surface area contributed by atoms with Gasteiger partial charge >= 0.3 is 0 Å². The molecule has 0 saturated carbocycles. The molecule has 0 amide bonds. The first-order valence-electron chi connectivity index (χ1n) is 3.73. The van der Waals surface area contributed by atoms with Gasteiger partial charge in [0, 0.05) is 0 Å². The van der Waals surface area contributed by atoms with Crippen LogP contribution in [0, 0.1) is 0 Å². The second kappa shape index (κ2) is 7.05. The summed E-state index contributed by atoms with van der Waals surface area (Å²) in [7, 11) is 0. The lowest BCUT2D eigenvalue weighted by molar-refractivity contribution is 0.314. The largest absolute Gasteiger partial charge is 0.411 e. The highest BCUT2D eigenvalue weighted by molar-refractivity contribution is 6.30. The van der Waals surface area contributed by atoms with Gasteiger partial charge in [0.15, 0.2) is 0 Å². The van der Waals surface area contributed by atoms with Crippen molar-refractivity contribution in [2.24, 2.45) is 10.3 Å². The molecule has 0 radical (unpaired) electrons. The number of hydrogen-bond acceptors (Lipinski definition) is 4. The Morgan fingerprint density at radius 2 is 2.09 bits per heavy atom. The summed E-state index contributed by atoms with van der Waals surface area (Å²) in [4.78, 5) is 0. The Hall–Kier alpha value is -1.06. The minimum absolute atomic E-state index is 0.418. The Morgan fingerprint density at radius 1 is 1.36 bits per heavy atom. The van der Waals surface area contributed by atoms with Gasteiger partial charge in [-0.3, -0.25) is 0 Å². The molecule has 0 aliphatic heterocycles. The summed E-state index contributed by atoms with van der Waals surface area (Å²) in [6, 6.07) is 0. The summed E-state index contributed by atoms with van der Waals surface area (Å²) in [6.07, 6.45) is 4.99. The second-order valence-corrected chi connectivity index (χ2v) is 2.29. The minimum Gasteiger partial charge on any atom is -0.411 e. The predicted molar refractivity (Wildman–Crippen MR) is 43.6 cm³/mol. The zero-order chi connectivity index (χ0) is 8.53. The van der Waals surface area contributed by atoms with Gasteiger partial charge in [-0.1, -0.05) is 30.1 Å². The minimum atomic E-state index is 0.418. The van der Waals surface area contributed by atoms with Crippen molar-refractivity contribution >= 4 is 11.9 Å². The monoisotopic (exact) mass is 158 g/mol. The van der Waals surface area contributed by atoms with Crippen molar-refractivity contribution in [2.75, 3.05) is 0 Å². The Kier molecular flexibility index (Phi) is 6.37. The summed E-state index contributed by atoms with van der Waals surface area (Å²) in [5.41, 5.74) is 0.418. The van der Waals surface area contributed by atoms with E-state index in [1.54, 1.807) is 0 Å². The van der Waals surface area contributed by atoms with E-state index in [2.05, 4.69) is 17.2 Å². The molecule has 0 aliphatic carbocycles. The van der Waals surface area contributed by atoms with Gasteiger partial charge in [-0.2, -0.15) is 0 Å². The van der Waals surface area contributed by atoms with Gasteiger partial charge in [-0.05, 0) is 12.8 Å². The summed E-state index contributed by atoms with van der Waals surface area (Å²) in [5.74, 6) is 0. The van der Waals surface area contributed by atoms with E-state index in [1.165, 1.54) is 0 Å². The summed E-state index contributed by atoms with van der Waals surface area (Å²) in [6.45, 7) is 2.09. The molecule has 0 aromatic heterocycles. The van der Waals surface area contributed by atoms with E-state index in [4.69, 9.17) is 10.4 Å². The number of unbranched alkanes of at least 4 members (excludes halogenated alkanes) is 2. The first-order chi connectivity index (χ1) is 5.35. The molecule has 0 saturated heterocycles. The molecule has 0 fully saturated rings. The van der Waals surface area contributed by atoms with Crippen LogP contribution in [0.3, 0.4) is 0 Å². The van der Waals surface area contributed by atoms with Crippen LogP contribution < -0.4 is 0 Å². The number of hydrogen-bond donors (Lipinski definition) is 2. The maximum absolute atomic E-state index is 8.34. The summed E-state index contributed by atoms with van der Waals surface area (Å²) >= 11 is 0. The van der Waals surface area contributed by atoms with Gasteiger partial charge in [0.1, 0.15) is 5.71 Å². The van der Waals surface area contributed by atoms with Gasteiger partial charge < -0.3 is 10.4 Å². The Balaban J connectivity index is 3.54. The average Bonchev–Trinajstić information content (AvgIpc) is 2.03. The van der Waals surface area contributed by atoms with Crippen LogP contribution >= 0.6 is 0 Å². The third kappa shape index (κ3) is 5.39. The van der Waals surface area contributed by atoms with Crippen molar-refractivity contribution in [2.45, 2.75) is 32.6 Å². The Bertz CT molecular complexity index is 143. The molecule has 0 unspecified atom stereocenters. The molecule has 0 heterocycles. The quantitative estimate of drug-likeness (QED) is 0.277. The van der Waals surface area contributed by atoms with Crippen LogP contribution in [0.2, 0.25) is 0 Å². The van der Waals surface area contributed by atoms with E-state index in [9.17, 15) is 0 Å². The van der Waals surface area contributed by atoms with Gasteiger partial charge in [-0.15, -0.1) is 0 Å². The fourth-order valence-corrected chi connectivity index (χ4v) is 0.763. The summed E-state index contributed by atoms with van der Waals surface area (Å²) in [5, 5.41) is 22.2. The predicted octanol–water partition coefficient (Wildman–Crippen LogP) is 1.86. The van der Waals surface area contributed by atoms with Crippen LogP contribution in [0.4, 0.5) is 0 Å². The van der Waals surface area contributed by atoms with Crippen molar-refractivity contribution in [1.82, 2.24) is 0 Å². The average molecular weight is 158 g/mol. The molecule has 0 aliphatic rings. The van der Waals surface area contributed by atoms with E-state index in [-0.39, 0.29) is 0 Å². The first kappa shape index (κ1) is 9.94. The molecule has 0 rings (SSSR count). The normalized spacial score (nSPS) is 12.6. The van der Waals surface area contributed by atoms with E-state index < -0.39 is 0 Å². The highest BCUT2D eigenvalue weighted by atomic mass is 16.4. The lowest BCUT2D eigenvalue weighted by atomic mass is 10.1. The molecule has 0 bridgehead atoms. The molecule has 0 aromatic rings. The lowest BCUT2D eigenvalue weighted by Crippen LogP contribution is -1.99. The molecule has 64 valence electrons. The fourth-order valence-electron chi connectivity index (χ4n) is 0.763. The maximum Gasteiger partial charge on any atom is 0.101 e. The molecular weight excluding hydrogens is 144 g/mol. The lowest BCUT2D eigenvalue weighted by Gasteiger charge is -1.95. The second-order valence-electron chi connectivity index (χ2n) is 2.29. The smallest absolute Gasteiger partial charge is 0.101 e. The molecule has 4 heteroatoms. The molecule has 2 N–H and O–H groups in total. The Labute approximate surface area is 66.2 Å². The van der Waals surface area contributed by atoms with Crippen molar-refractivity contribution in [3.05, 3.63) is 0 Å². The molecule has 4 nitrogen and oxygen atoms in total. The van der Waals surface area contributed by atoms with Crippen molar-refractivity contribution in [1.29, 1.82) is 0 Å². The highest BCUT2D eigenvalue weighted by Crippen LogP contribution is 1.99. The van der Waals surface area contributed by atoms with Crippen molar-refractivity contribution in [3.8, 4) is 0 Å². The zero-order valence-electron chi connectivity index (χ0n) is 6.69. The summed E-state index contributed by atoms with van der Waals surface area (Å²) < 4.78 is 0. The zero-order valence-corrected chi connectivity index (χ0v) is 6.69. The van der Waals surface area contributed by atoms with E-state index >= 15 is 0 Å². The maximum atomic E-state index is 8.34. The van der Waals surface area contributed by atoms with E-state index in [1.807, 2.05) is 0 Å². The third-order valence-electron chi connectivity index (χ3n) is 1.37. The first-order valence-corrected chi connectivity index (χ1v) is 3.73. The topological polar surface area (TPSA) is 65.2 Å². The Morgan fingerprint density at radius 3 is 2.55 bits per heavy atom. The highest BCUT2D eigenvalue weighted by Gasteiger charge is 1.95. The number of rotatable bonds is 5. The molecule has 11 heavy (non-hydrogen) atoms. The van der Waals surface area contributed by atoms with Crippen LogP contribution in [0.25, 0.3) is 0 Å². The fraction of sp³-hybridized carbons (Fsp3) is 0.714. The van der Waals surface area contributed by atoms with Crippen molar-refractivity contribution < 1.29 is 10.4 Å². The van der Waals surface area contributed by atoms with Gasteiger partial charge in [0.05, 0.1) is 6.21 Å². The van der Waals surface area contributed by atoms with E-state index in [0.29, 0.717) is 12.1 Å². The van der Waals surface area contributed by atoms with Crippen LogP contribution in [0.15, 0.2) is 10.3 Å². The molecule has 0 spiro atoms. The van der Waals surface area contributed by atoms with Gasteiger partial charge in [0.25, 0.3) is 0 Å². The standard InChI is InChI=1S/C7H14N2O2/c1-2-3-4-5-7(9-11)6-8-10/h6,10-11H,2-5H2,1H3. The van der Waals surface area contributed by atoms with Gasteiger partial charge in [0.2, 0.25) is 0 Å². The number of nitrogens with zero attached hydrogens (tertiary/aromatic N) is 2. The number of oxime groups is 2. The van der Waals surface area contributed by atoms with Crippen LogP contribution in [-0.2, 0) is 0 Å². The third-order valence-corrected chi connectivity index (χ3v) is 1.37. The molecule has 0 aromatic carbocycles. The van der Waals surface area contributed by atoms with Crippen LogP contribution in [0.5, 0.6) is 0 Å². The molecule has 0 atom stereocenters. The van der Waals surface area contributed by atoms with Crippen LogP contribution in [-0.4, -0.2) is 22.3 Å². The van der Waals surface area contributed by atoms with E-state index in [0.717, 1.165) is 25.5 Å².